The quantitative estimate of drug-likeness (QED) is 0.731. The molecular weight excluding hydrogens is 226 g/mol. The van der Waals surface area contributed by atoms with Crippen LogP contribution in [-0.4, -0.2) is 11.2 Å². The highest BCUT2D eigenvalue weighted by molar-refractivity contribution is 7.98. The lowest BCUT2D eigenvalue weighted by molar-refractivity contribution is 0.824. The van der Waals surface area contributed by atoms with Crippen molar-refractivity contribution in [1.29, 1.82) is 0 Å². The molecule has 0 saturated heterocycles. The Morgan fingerprint density at radius 2 is 1.71 bits per heavy atom. The van der Waals surface area contributed by atoms with Crippen LogP contribution in [0.3, 0.4) is 0 Å². The molecule has 0 saturated carbocycles. The van der Waals surface area contributed by atoms with Crippen molar-refractivity contribution in [2.75, 3.05) is 6.26 Å². The van der Waals surface area contributed by atoms with Gasteiger partial charge >= 0.3 is 0 Å². The molecule has 0 spiro atoms. The molecule has 1 heterocycles. The predicted octanol–water partition coefficient (Wildman–Crippen LogP) is 4.59. The second-order valence-corrected chi connectivity index (χ2v) is 5.21. The lowest BCUT2D eigenvalue weighted by Gasteiger charge is -2.07. The summed E-state index contributed by atoms with van der Waals surface area (Å²) >= 11 is 1.76. The average molecular weight is 243 g/mol. The molecule has 0 radical (unpaired) electrons. The fourth-order valence-corrected chi connectivity index (χ4v) is 2.10. The van der Waals surface area contributed by atoms with Crippen molar-refractivity contribution < 1.29 is 0 Å². The SMILES string of the molecule is CSc1ccc(-c2cccc(C(C)C)n2)cc1. The number of hydrogen-bond donors (Lipinski definition) is 0. The van der Waals surface area contributed by atoms with Gasteiger partial charge in [-0.2, -0.15) is 0 Å². The Morgan fingerprint density at radius 3 is 2.29 bits per heavy atom. The molecule has 17 heavy (non-hydrogen) atoms. The van der Waals surface area contributed by atoms with Gasteiger partial charge in [0.15, 0.2) is 0 Å². The van der Waals surface area contributed by atoms with Crippen molar-refractivity contribution in [3.63, 3.8) is 0 Å². The zero-order valence-electron chi connectivity index (χ0n) is 10.5. The summed E-state index contributed by atoms with van der Waals surface area (Å²) < 4.78 is 0. The molecule has 0 aliphatic heterocycles. The topological polar surface area (TPSA) is 12.9 Å². The average Bonchev–Trinajstić information content (AvgIpc) is 2.39. The molecule has 0 unspecified atom stereocenters. The highest BCUT2D eigenvalue weighted by Gasteiger charge is 2.03. The van der Waals surface area contributed by atoms with Crippen LogP contribution < -0.4 is 0 Å². The lowest BCUT2D eigenvalue weighted by Crippen LogP contribution is -1.93. The molecular formula is C15H17NS. The molecule has 88 valence electrons. The molecule has 0 bridgehead atoms. The molecule has 0 fully saturated rings. The smallest absolute Gasteiger partial charge is 0.0705 e. The monoisotopic (exact) mass is 243 g/mol. The Labute approximate surface area is 107 Å². The van der Waals surface area contributed by atoms with Crippen molar-refractivity contribution in [1.82, 2.24) is 4.98 Å². The summed E-state index contributed by atoms with van der Waals surface area (Å²) in [7, 11) is 0. The minimum Gasteiger partial charge on any atom is -0.253 e. The Bertz CT molecular complexity index is 489. The summed E-state index contributed by atoms with van der Waals surface area (Å²) in [5, 5.41) is 0. The van der Waals surface area contributed by atoms with Gasteiger partial charge in [-0.15, -0.1) is 11.8 Å². The number of thioether (sulfide) groups is 1. The summed E-state index contributed by atoms with van der Waals surface area (Å²) in [6.07, 6.45) is 2.09. The summed E-state index contributed by atoms with van der Waals surface area (Å²) in [6.45, 7) is 4.34. The van der Waals surface area contributed by atoms with E-state index in [9.17, 15) is 0 Å². The normalized spacial score (nSPS) is 10.8. The van der Waals surface area contributed by atoms with Gasteiger partial charge in [0, 0.05) is 16.2 Å². The van der Waals surface area contributed by atoms with E-state index >= 15 is 0 Å². The van der Waals surface area contributed by atoms with Gasteiger partial charge in [-0.1, -0.05) is 32.0 Å². The minimum atomic E-state index is 0.473. The van der Waals surface area contributed by atoms with Crippen LogP contribution in [0.5, 0.6) is 0 Å². The van der Waals surface area contributed by atoms with Crippen LogP contribution in [-0.2, 0) is 0 Å². The van der Waals surface area contributed by atoms with Crippen LogP contribution >= 0.6 is 11.8 Å². The Hall–Kier alpha value is -1.28. The van der Waals surface area contributed by atoms with E-state index in [0.717, 1.165) is 11.4 Å². The summed E-state index contributed by atoms with van der Waals surface area (Å²) in [6, 6.07) is 14.8. The maximum absolute atomic E-state index is 4.69. The van der Waals surface area contributed by atoms with E-state index in [-0.39, 0.29) is 0 Å². The Morgan fingerprint density at radius 1 is 1.00 bits per heavy atom. The number of rotatable bonds is 3. The van der Waals surface area contributed by atoms with Crippen molar-refractivity contribution in [3.8, 4) is 11.3 Å². The molecule has 0 aliphatic carbocycles. The zero-order valence-corrected chi connectivity index (χ0v) is 11.3. The second-order valence-electron chi connectivity index (χ2n) is 4.33. The minimum absolute atomic E-state index is 0.473. The summed E-state index contributed by atoms with van der Waals surface area (Å²) in [4.78, 5) is 5.98. The molecule has 1 aromatic heterocycles. The first-order valence-corrected chi connectivity index (χ1v) is 7.04. The molecule has 2 aromatic rings. The highest BCUT2D eigenvalue weighted by Crippen LogP contribution is 2.23. The summed E-state index contributed by atoms with van der Waals surface area (Å²) in [5.74, 6) is 0.473. The Balaban J connectivity index is 2.35. The van der Waals surface area contributed by atoms with Gasteiger partial charge in [0.05, 0.1) is 5.69 Å². The Kier molecular flexibility index (Phi) is 3.85. The molecule has 2 heteroatoms. The van der Waals surface area contributed by atoms with Gasteiger partial charge in [-0.3, -0.25) is 4.98 Å². The fourth-order valence-electron chi connectivity index (χ4n) is 1.70. The molecule has 1 nitrogen and oxygen atoms in total. The maximum Gasteiger partial charge on any atom is 0.0705 e. The third kappa shape index (κ3) is 2.89. The van der Waals surface area contributed by atoms with Gasteiger partial charge in [0.2, 0.25) is 0 Å². The maximum atomic E-state index is 4.69. The number of benzene rings is 1. The predicted molar refractivity (Wildman–Crippen MR) is 75.5 cm³/mol. The van der Waals surface area contributed by atoms with E-state index in [1.165, 1.54) is 10.5 Å². The van der Waals surface area contributed by atoms with Crippen LogP contribution in [0.4, 0.5) is 0 Å². The van der Waals surface area contributed by atoms with Crippen LogP contribution in [0.15, 0.2) is 47.4 Å². The van der Waals surface area contributed by atoms with E-state index in [0.29, 0.717) is 5.92 Å². The zero-order chi connectivity index (χ0) is 12.3. The van der Waals surface area contributed by atoms with E-state index in [2.05, 4.69) is 62.6 Å². The largest absolute Gasteiger partial charge is 0.253 e. The number of pyridine rings is 1. The number of aromatic nitrogens is 1. The van der Waals surface area contributed by atoms with Gasteiger partial charge in [0.1, 0.15) is 0 Å². The van der Waals surface area contributed by atoms with Gasteiger partial charge < -0.3 is 0 Å². The number of hydrogen-bond acceptors (Lipinski definition) is 2. The molecule has 0 N–H and O–H groups in total. The first-order valence-electron chi connectivity index (χ1n) is 5.82. The second kappa shape index (κ2) is 5.37. The van der Waals surface area contributed by atoms with Crippen LogP contribution in [0.2, 0.25) is 0 Å². The lowest BCUT2D eigenvalue weighted by atomic mass is 10.1. The number of nitrogens with zero attached hydrogens (tertiary/aromatic N) is 1. The third-order valence-corrected chi connectivity index (χ3v) is 3.49. The molecule has 2 rings (SSSR count). The van der Waals surface area contributed by atoms with Crippen LogP contribution in [0.1, 0.15) is 25.5 Å². The fraction of sp³-hybridized carbons (Fsp3) is 0.267. The van der Waals surface area contributed by atoms with Gasteiger partial charge in [0.25, 0.3) is 0 Å². The molecule has 0 amide bonds. The van der Waals surface area contributed by atoms with Gasteiger partial charge in [-0.25, -0.2) is 0 Å². The molecule has 1 aromatic carbocycles. The van der Waals surface area contributed by atoms with Gasteiger partial charge in [-0.05, 0) is 36.4 Å². The first-order chi connectivity index (χ1) is 8.20. The van der Waals surface area contributed by atoms with Crippen LogP contribution in [0.25, 0.3) is 11.3 Å². The van der Waals surface area contributed by atoms with Crippen molar-refractivity contribution in [3.05, 3.63) is 48.2 Å². The van der Waals surface area contributed by atoms with Crippen molar-refractivity contribution >= 4 is 11.8 Å². The molecule has 0 atom stereocenters. The van der Waals surface area contributed by atoms with Crippen LogP contribution in [0, 0.1) is 0 Å². The van der Waals surface area contributed by atoms with E-state index in [1.807, 2.05) is 0 Å². The third-order valence-electron chi connectivity index (χ3n) is 2.75. The van der Waals surface area contributed by atoms with E-state index in [1.54, 1.807) is 11.8 Å². The summed E-state index contributed by atoms with van der Waals surface area (Å²) in [5.41, 5.74) is 3.39. The molecule has 0 aliphatic rings. The van der Waals surface area contributed by atoms with E-state index < -0.39 is 0 Å². The van der Waals surface area contributed by atoms with Crippen molar-refractivity contribution in [2.45, 2.75) is 24.7 Å². The first kappa shape index (κ1) is 12.2. The van der Waals surface area contributed by atoms with Crippen molar-refractivity contribution in [2.24, 2.45) is 0 Å². The highest BCUT2D eigenvalue weighted by atomic mass is 32.2. The standard InChI is InChI=1S/C15H17NS/c1-11(2)14-5-4-6-15(16-14)12-7-9-13(17-3)10-8-12/h4-11H,1-3H3. The van der Waals surface area contributed by atoms with E-state index in [4.69, 9.17) is 4.98 Å².